The number of hydrogen-bond donors (Lipinski definition) is 1. The topological polar surface area (TPSA) is 88.3 Å². The van der Waals surface area contributed by atoms with Crippen molar-refractivity contribution >= 4 is 29.1 Å². The number of amides is 1. The highest BCUT2D eigenvalue weighted by molar-refractivity contribution is 6.46. The van der Waals surface area contributed by atoms with Crippen molar-refractivity contribution in [1.29, 1.82) is 0 Å². The van der Waals surface area contributed by atoms with Gasteiger partial charge < -0.3 is 14.6 Å². The average molecular weight is 423 g/mol. The number of Topliss-reactive ketones (excluding diaryl/α,β-unsaturated/α-hetero) is 1. The molecule has 1 aromatic carbocycles. The monoisotopic (exact) mass is 422 g/mol. The Morgan fingerprint density at radius 2 is 1.87 bits per heavy atom. The molecule has 1 saturated heterocycles. The lowest BCUT2D eigenvalue weighted by molar-refractivity contribution is -0.140. The molecule has 0 radical (unpaired) electrons. The van der Waals surface area contributed by atoms with Crippen molar-refractivity contribution in [1.82, 2.24) is 19.4 Å². The molecule has 0 unspecified atom stereocenters. The quantitative estimate of drug-likeness (QED) is 0.373. The van der Waals surface area contributed by atoms with Crippen LogP contribution < -0.4 is 0 Å². The summed E-state index contributed by atoms with van der Waals surface area (Å²) < 4.78 is 1.90. The molecule has 0 aliphatic carbocycles. The van der Waals surface area contributed by atoms with E-state index in [9.17, 15) is 14.7 Å². The highest BCUT2D eigenvalue weighted by Gasteiger charge is 2.46. The lowest BCUT2D eigenvalue weighted by Gasteiger charge is -2.24. The van der Waals surface area contributed by atoms with Crippen LogP contribution in [0.15, 0.2) is 73.0 Å². The molecule has 1 amide bonds. The molecule has 0 saturated carbocycles. The number of carbonyl (C=O) groups is 2. The van der Waals surface area contributed by atoms with E-state index < -0.39 is 17.7 Å². The van der Waals surface area contributed by atoms with Crippen LogP contribution in [0.3, 0.4) is 0 Å². The van der Waals surface area contributed by atoms with Crippen molar-refractivity contribution in [2.45, 2.75) is 19.0 Å². The van der Waals surface area contributed by atoms with Gasteiger partial charge in [-0.15, -0.1) is 0 Å². The van der Waals surface area contributed by atoms with Crippen LogP contribution in [0.4, 0.5) is 0 Å². The van der Waals surface area contributed by atoms with E-state index in [2.05, 4.69) is 9.97 Å². The van der Waals surface area contributed by atoms with E-state index in [1.54, 1.807) is 61.2 Å². The Bertz CT molecular complexity index is 1080. The maximum atomic E-state index is 12.9. The van der Waals surface area contributed by atoms with E-state index in [0.717, 1.165) is 0 Å². The molecule has 1 N–H and O–H groups in total. The Hall–Kier alpha value is -3.45. The third kappa shape index (κ3) is 3.84. The van der Waals surface area contributed by atoms with E-state index in [-0.39, 0.29) is 11.3 Å². The Kier molecular flexibility index (Phi) is 5.63. The van der Waals surface area contributed by atoms with Crippen LogP contribution in [0, 0.1) is 0 Å². The summed E-state index contributed by atoms with van der Waals surface area (Å²) in [5.74, 6) is -1.61. The number of halogens is 1. The molecule has 4 rings (SSSR count). The molecule has 1 aliphatic rings. The summed E-state index contributed by atoms with van der Waals surface area (Å²) in [4.78, 5) is 35.6. The summed E-state index contributed by atoms with van der Waals surface area (Å²) in [7, 11) is 0. The standard InChI is InChI=1S/C22H19ClN4O3/c23-16-7-5-15(6-8-16)20(28)18-19(17-4-1-2-9-25-17)27(22(30)21(18)29)12-3-11-26-13-10-24-14-26/h1-2,4-10,13-14,19,28H,3,11-12H2/b20-18+/t19-/m0/s1. The van der Waals surface area contributed by atoms with E-state index in [4.69, 9.17) is 11.6 Å². The normalized spacial score (nSPS) is 18.2. The lowest BCUT2D eigenvalue weighted by Crippen LogP contribution is -2.31. The maximum Gasteiger partial charge on any atom is 0.295 e. The first kappa shape index (κ1) is 19.8. The first-order valence-electron chi connectivity index (χ1n) is 9.47. The van der Waals surface area contributed by atoms with Gasteiger partial charge in [-0.1, -0.05) is 17.7 Å². The number of aryl methyl sites for hydroxylation is 1. The summed E-state index contributed by atoms with van der Waals surface area (Å²) in [6.45, 7) is 0.983. The van der Waals surface area contributed by atoms with Gasteiger partial charge in [-0.25, -0.2) is 4.98 Å². The molecule has 8 heteroatoms. The first-order chi connectivity index (χ1) is 14.6. The van der Waals surface area contributed by atoms with Crippen molar-refractivity contribution in [3.05, 3.63) is 89.2 Å². The van der Waals surface area contributed by atoms with Crippen LogP contribution in [0.2, 0.25) is 5.02 Å². The van der Waals surface area contributed by atoms with Crippen LogP contribution >= 0.6 is 11.6 Å². The van der Waals surface area contributed by atoms with Crippen molar-refractivity contribution < 1.29 is 14.7 Å². The number of ketones is 1. The second-order valence-corrected chi connectivity index (χ2v) is 7.34. The summed E-state index contributed by atoms with van der Waals surface area (Å²) >= 11 is 5.93. The predicted molar refractivity (Wildman–Crippen MR) is 112 cm³/mol. The SMILES string of the molecule is O=C1C(=O)N(CCCn2ccnc2)[C@@H](c2ccccn2)/C1=C(\O)c1ccc(Cl)cc1. The number of nitrogens with zero attached hydrogens (tertiary/aromatic N) is 4. The molecule has 1 aliphatic heterocycles. The molecule has 0 bridgehead atoms. The largest absolute Gasteiger partial charge is 0.507 e. The van der Waals surface area contributed by atoms with E-state index in [0.29, 0.717) is 35.8 Å². The van der Waals surface area contributed by atoms with Crippen LogP contribution in [0.5, 0.6) is 0 Å². The van der Waals surface area contributed by atoms with Gasteiger partial charge in [-0.05, 0) is 42.8 Å². The van der Waals surface area contributed by atoms with Crippen LogP contribution in [-0.4, -0.2) is 42.8 Å². The Labute approximate surface area is 178 Å². The van der Waals surface area contributed by atoms with Gasteiger partial charge in [0.1, 0.15) is 11.8 Å². The van der Waals surface area contributed by atoms with Gasteiger partial charge in [0.25, 0.3) is 11.7 Å². The fraction of sp³-hybridized carbons (Fsp3) is 0.182. The minimum absolute atomic E-state index is 0.0312. The van der Waals surface area contributed by atoms with Crippen molar-refractivity contribution in [2.75, 3.05) is 6.54 Å². The lowest BCUT2D eigenvalue weighted by atomic mass is 9.98. The number of aliphatic hydroxyl groups is 1. The van der Waals surface area contributed by atoms with Crippen LogP contribution in [-0.2, 0) is 16.1 Å². The van der Waals surface area contributed by atoms with Gasteiger partial charge >= 0.3 is 0 Å². The molecule has 2 aromatic heterocycles. The van der Waals surface area contributed by atoms with Crippen LogP contribution in [0.25, 0.3) is 5.76 Å². The van der Waals surface area contributed by atoms with Gasteiger partial charge in [0.15, 0.2) is 0 Å². The Morgan fingerprint density at radius 1 is 1.07 bits per heavy atom. The van der Waals surface area contributed by atoms with Gasteiger partial charge in [-0.3, -0.25) is 14.6 Å². The van der Waals surface area contributed by atoms with Crippen molar-refractivity contribution in [3.8, 4) is 0 Å². The molecule has 7 nitrogen and oxygen atoms in total. The number of pyridine rings is 1. The molecule has 3 aromatic rings. The number of aromatic nitrogens is 3. The minimum Gasteiger partial charge on any atom is -0.507 e. The number of aliphatic hydroxyl groups excluding tert-OH is 1. The Morgan fingerprint density at radius 3 is 2.53 bits per heavy atom. The highest BCUT2D eigenvalue weighted by atomic mass is 35.5. The first-order valence-corrected chi connectivity index (χ1v) is 9.85. The number of imidazole rings is 1. The van der Waals surface area contributed by atoms with E-state index in [1.807, 2.05) is 10.8 Å². The zero-order chi connectivity index (χ0) is 21.1. The van der Waals surface area contributed by atoms with Crippen molar-refractivity contribution in [2.24, 2.45) is 0 Å². The zero-order valence-corrected chi connectivity index (χ0v) is 16.7. The van der Waals surface area contributed by atoms with E-state index >= 15 is 0 Å². The number of benzene rings is 1. The summed E-state index contributed by atoms with van der Waals surface area (Å²) in [5, 5.41) is 11.4. The zero-order valence-electron chi connectivity index (χ0n) is 16.0. The minimum atomic E-state index is -0.760. The molecule has 3 heterocycles. The van der Waals surface area contributed by atoms with Crippen molar-refractivity contribution in [3.63, 3.8) is 0 Å². The average Bonchev–Trinajstić information content (AvgIpc) is 3.37. The number of likely N-dealkylation sites (tertiary alicyclic amines) is 1. The summed E-state index contributed by atoms with van der Waals surface area (Å²) in [5.41, 5.74) is 0.968. The maximum absolute atomic E-state index is 12.9. The second kappa shape index (κ2) is 8.51. The number of rotatable bonds is 6. The van der Waals surface area contributed by atoms with Gasteiger partial charge in [0.2, 0.25) is 0 Å². The third-order valence-corrected chi connectivity index (χ3v) is 5.25. The highest BCUT2D eigenvalue weighted by Crippen LogP contribution is 2.38. The summed E-state index contributed by atoms with van der Waals surface area (Å²) in [6.07, 6.45) is 7.44. The predicted octanol–water partition coefficient (Wildman–Crippen LogP) is 3.44. The smallest absolute Gasteiger partial charge is 0.295 e. The van der Waals surface area contributed by atoms with E-state index in [1.165, 1.54) is 4.90 Å². The molecular formula is C22H19ClN4O3. The molecule has 152 valence electrons. The molecule has 1 atom stereocenters. The van der Waals surface area contributed by atoms with Gasteiger partial charge in [0, 0.05) is 42.3 Å². The van der Waals surface area contributed by atoms with Crippen LogP contribution in [0.1, 0.15) is 23.7 Å². The second-order valence-electron chi connectivity index (χ2n) is 6.91. The molecule has 1 fully saturated rings. The fourth-order valence-corrected chi connectivity index (χ4v) is 3.69. The van der Waals surface area contributed by atoms with Gasteiger partial charge in [0.05, 0.1) is 17.6 Å². The fourth-order valence-electron chi connectivity index (χ4n) is 3.56. The number of carbonyl (C=O) groups excluding carboxylic acids is 2. The Balaban J connectivity index is 1.71. The molecular weight excluding hydrogens is 404 g/mol. The molecule has 30 heavy (non-hydrogen) atoms. The number of hydrogen-bond acceptors (Lipinski definition) is 5. The summed E-state index contributed by atoms with van der Waals surface area (Å²) in [6, 6.07) is 11.0. The third-order valence-electron chi connectivity index (χ3n) is 5.00. The molecule has 0 spiro atoms. The van der Waals surface area contributed by atoms with Gasteiger partial charge in [-0.2, -0.15) is 0 Å².